The van der Waals surface area contributed by atoms with Gasteiger partial charge in [0.25, 0.3) is 0 Å². The Balaban J connectivity index is 1.29. The van der Waals surface area contributed by atoms with Gasteiger partial charge in [-0.2, -0.15) is 0 Å². The lowest BCUT2D eigenvalue weighted by Crippen LogP contribution is -2.47. The Labute approximate surface area is 228 Å². The topological polar surface area (TPSA) is 134 Å². The first-order valence-electron chi connectivity index (χ1n) is 12.6. The number of fused-ring (bicyclic) bond motifs is 2. The van der Waals surface area contributed by atoms with Gasteiger partial charge in [0.2, 0.25) is 12.7 Å². The maximum atomic E-state index is 12.7. The van der Waals surface area contributed by atoms with Crippen molar-refractivity contribution in [1.29, 1.82) is 0 Å². The van der Waals surface area contributed by atoms with Gasteiger partial charge >= 0.3 is 0 Å². The van der Waals surface area contributed by atoms with Crippen LogP contribution in [0, 0.1) is 11.8 Å². The van der Waals surface area contributed by atoms with E-state index in [1.165, 1.54) is 18.1 Å². The number of carbonyl (C=O) groups excluding carboxylic acids is 1. The number of amides is 1. The molecule has 5 rings (SSSR count). The quantitative estimate of drug-likeness (QED) is 0.398. The molecule has 0 saturated carbocycles. The summed E-state index contributed by atoms with van der Waals surface area (Å²) in [6.45, 7) is 6.64. The van der Waals surface area contributed by atoms with Crippen molar-refractivity contribution < 1.29 is 14.3 Å². The lowest BCUT2D eigenvalue weighted by molar-refractivity contribution is -0.134. The summed E-state index contributed by atoms with van der Waals surface area (Å²) >= 11 is 5.16. The molecule has 4 heterocycles. The number of aromatic nitrogens is 4. The number of anilines is 1. The van der Waals surface area contributed by atoms with Gasteiger partial charge in [-0.05, 0) is 65.6 Å². The highest BCUT2D eigenvalue weighted by Gasteiger charge is 2.27. The average Bonchev–Trinajstić information content (AvgIpc) is 3.47. The summed E-state index contributed by atoms with van der Waals surface area (Å²) in [7, 11) is 0. The number of nitrogens with zero attached hydrogens (tertiary/aromatic N) is 5. The standard InChI is InChI=1S/C25H32BrN7O3S/c1-14(2)9-17(27)24(34)32-6-3-15(4-7-32)5-8-33-23-21(22(28)29-12-30-23)31-25(33)37-20-11-19-18(10-16(20)26)35-13-36-19/h10-12,14-15,17H,3-9,13,27H2,1-2H3,(H2,28,29,30)/t17-/m0/s1. The van der Waals surface area contributed by atoms with Crippen LogP contribution < -0.4 is 20.9 Å². The number of likely N-dealkylation sites (tertiary alicyclic amines) is 1. The van der Waals surface area contributed by atoms with Gasteiger partial charge in [-0.25, -0.2) is 15.0 Å². The van der Waals surface area contributed by atoms with Crippen LogP contribution in [0.1, 0.15) is 39.5 Å². The highest BCUT2D eigenvalue weighted by molar-refractivity contribution is 9.10. The first-order chi connectivity index (χ1) is 17.8. The van der Waals surface area contributed by atoms with Crippen LogP contribution in [-0.4, -0.2) is 56.3 Å². The molecule has 4 N–H and O–H groups in total. The van der Waals surface area contributed by atoms with E-state index in [-0.39, 0.29) is 12.7 Å². The summed E-state index contributed by atoms with van der Waals surface area (Å²) in [4.78, 5) is 29.0. The molecule has 10 nitrogen and oxygen atoms in total. The fourth-order valence-electron chi connectivity index (χ4n) is 4.89. The smallest absolute Gasteiger partial charge is 0.239 e. The third-order valence-electron chi connectivity index (χ3n) is 6.88. The third kappa shape index (κ3) is 5.65. The highest BCUT2D eigenvalue weighted by Crippen LogP contribution is 2.43. The van der Waals surface area contributed by atoms with Crippen molar-refractivity contribution >= 4 is 50.6 Å². The molecule has 37 heavy (non-hydrogen) atoms. The van der Waals surface area contributed by atoms with E-state index in [0.29, 0.717) is 28.9 Å². The highest BCUT2D eigenvalue weighted by atomic mass is 79.9. The van der Waals surface area contributed by atoms with Crippen molar-refractivity contribution in [3.05, 3.63) is 22.9 Å². The number of carbonyl (C=O) groups is 1. The zero-order valence-electron chi connectivity index (χ0n) is 21.0. The van der Waals surface area contributed by atoms with Gasteiger partial charge < -0.3 is 30.4 Å². The molecule has 198 valence electrons. The van der Waals surface area contributed by atoms with Crippen LogP contribution in [0.3, 0.4) is 0 Å². The Kier molecular flexibility index (Phi) is 7.77. The van der Waals surface area contributed by atoms with E-state index < -0.39 is 6.04 Å². The molecule has 0 spiro atoms. The Morgan fingerprint density at radius 2 is 1.95 bits per heavy atom. The minimum Gasteiger partial charge on any atom is -0.454 e. The summed E-state index contributed by atoms with van der Waals surface area (Å²) in [6.07, 6.45) is 5.06. The summed E-state index contributed by atoms with van der Waals surface area (Å²) < 4.78 is 14.1. The molecular weight excluding hydrogens is 558 g/mol. The summed E-state index contributed by atoms with van der Waals surface area (Å²) in [5, 5.41) is 0.786. The number of hydrogen-bond acceptors (Lipinski definition) is 9. The van der Waals surface area contributed by atoms with Crippen molar-refractivity contribution in [3.8, 4) is 11.5 Å². The van der Waals surface area contributed by atoms with Crippen LogP contribution in [0.5, 0.6) is 11.5 Å². The fourth-order valence-corrected chi connectivity index (χ4v) is 6.39. The molecule has 3 aromatic rings. The average molecular weight is 591 g/mol. The largest absolute Gasteiger partial charge is 0.454 e. The van der Waals surface area contributed by atoms with Crippen molar-refractivity contribution in [1.82, 2.24) is 24.4 Å². The maximum absolute atomic E-state index is 12.7. The van der Waals surface area contributed by atoms with Crippen LogP contribution in [0.15, 0.2) is 33.0 Å². The molecule has 0 unspecified atom stereocenters. The molecule has 1 aromatic carbocycles. The number of rotatable bonds is 8. The molecule has 2 aromatic heterocycles. The van der Waals surface area contributed by atoms with Crippen molar-refractivity contribution in [3.63, 3.8) is 0 Å². The molecule has 1 saturated heterocycles. The predicted octanol–water partition coefficient (Wildman–Crippen LogP) is 4.05. The molecule has 0 radical (unpaired) electrons. The van der Waals surface area contributed by atoms with Crippen LogP contribution in [-0.2, 0) is 11.3 Å². The lowest BCUT2D eigenvalue weighted by Gasteiger charge is -2.34. The summed E-state index contributed by atoms with van der Waals surface area (Å²) in [5.41, 5.74) is 13.6. The van der Waals surface area contributed by atoms with Gasteiger partial charge in [0, 0.05) is 29.0 Å². The zero-order chi connectivity index (χ0) is 26.1. The number of halogens is 1. The monoisotopic (exact) mass is 589 g/mol. The van der Waals surface area contributed by atoms with E-state index in [0.717, 1.165) is 71.2 Å². The van der Waals surface area contributed by atoms with Gasteiger partial charge in [-0.1, -0.05) is 25.6 Å². The van der Waals surface area contributed by atoms with Crippen molar-refractivity contribution in [2.24, 2.45) is 17.6 Å². The number of nitrogens with two attached hydrogens (primary N) is 2. The Bertz CT molecular complexity index is 1290. The molecule has 0 aliphatic carbocycles. The lowest BCUT2D eigenvalue weighted by atomic mass is 9.92. The first-order valence-corrected chi connectivity index (χ1v) is 14.2. The van der Waals surface area contributed by atoms with E-state index in [1.54, 1.807) is 0 Å². The Hall–Kier alpha value is -2.57. The van der Waals surface area contributed by atoms with Crippen LogP contribution in [0.4, 0.5) is 5.82 Å². The summed E-state index contributed by atoms with van der Waals surface area (Å²) in [5.74, 6) is 2.77. The SMILES string of the molecule is CC(C)C[C@H](N)C(=O)N1CCC(CCn2c(Sc3cc4c(cc3Br)OCO4)nc3c(N)ncnc32)CC1. The van der Waals surface area contributed by atoms with Gasteiger partial charge in [-0.15, -0.1) is 0 Å². The number of aryl methyl sites for hydroxylation is 1. The third-order valence-corrected chi connectivity index (χ3v) is 8.85. The predicted molar refractivity (Wildman–Crippen MR) is 145 cm³/mol. The van der Waals surface area contributed by atoms with E-state index in [4.69, 9.17) is 25.9 Å². The van der Waals surface area contributed by atoms with E-state index in [1.807, 2.05) is 17.0 Å². The van der Waals surface area contributed by atoms with E-state index in [9.17, 15) is 4.79 Å². The molecule has 1 fully saturated rings. The molecule has 1 atom stereocenters. The number of piperidine rings is 1. The molecule has 0 bridgehead atoms. The van der Waals surface area contributed by atoms with E-state index in [2.05, 4.69) is 44.3 Å². The van der Waals surface area contributed by atoms with Crippen LogP contribution in [0.2, 0.25) is 0 Å². The second-order valence-electron chi connectivity index (χ2n) is 10.0. The van der Waals surface area contributed by atoms with E-state index >= 15 is 0 Å². The summed E-state index contributed by atoms with van der Waals surface area (Å²) in [6, 6.07) is 3.45. The normalized spacial score (nSPS) is 16.6. The number of nitrogen functional groups attached to an aromatic ring is 1. The second-order valence-corrected chi connectivity index (χ2v) is 11.9. The van der Waals surface area contributed by atoms with Crippen molar-refractivity contribution in [2.45, 2.75) is 62.2 Å². The number of hydrogen-bond donors (Lipinski definition) is 2. The van der Waals surface area contributed by atoms with Gasteiger partial charge in [0.05, 0.1) is 6.04 Å². The fraction of sp³-hybridized carbons (Fsp3) is 0.520. The zero-order valence-corrected chi connectivity index (χ0v) is 23.4. The van der Waals surface area contributed by atoms with Crippen molar-refractivity contribution in [2.75, 3.05) is 25.6 Å². The minimum atomic E-state index is -0.408. The number of imidazole rings is 1. The van der Waals surface area contributed by atoms with Gasteiger partial charge in [0.1, 0.15) is 6.33 Å². The second kappa shape index (κ2) is 11.0. The minimum absolute atomic E-state index is 0.0768. The number of ether oxygens (including phenoxy) is 2. The van der Waals surface area contributed by atoms with Crippen LogP contribution in [0.25, 0.3) is 11.2 Å². The molecule has 1 amide bonds. The molecule has 2 aliphatic rings. The molecule has 2 aliphatic heterocycles. The maximum Gasteiger partial charge on any atom is 0.239 e. The van der Waals surface area contributed by atoms with Crippen LogP contribution >= 0.6 is 27.7 Å². The first kappa shape index (κ1) is 26.1. The Morgan fingerprint density at radius 3 is 2.68 bits per heavy atom. The molecular formula is C25H32BrN7O3S. The number of benzene rings is 1. The Morgan fingerprint density at radius 1 is 1.22 bits per heavy atom. The van der Waals surface area contributed by atoms with Gasteiger partial charge in [0.15, 0.2) is 33.6 Å². The van der Waals surface area contributed by atoms with Gasteiger partial charge in [-0.3, -0.25) is 4.79 Å². The molecule has 12 heteroatoms.